The van der Waals surface area contributed by atoms with E-state index in [9.17, 15) is 18.3 Å². The van der Waals surface area contributed by atoms with Crippen LogP contribution in [0.25, 0.3) is 17.3 Å². The van der Waals surface area contributed by atoms with E-state index in [0.29, 0.717) is 4.88 Å². The van der Waals surface area contributed by atoms with Gasteiger partial charge in [0, 0.05) is 16.7 Å². The van der Waals surface area contributed by atoms with E-state index in [1.165, 1.54) is 12.1 Å². The number of alkyl halides is 3. The number of nitrogens with zero attached hydrogens (tertiary/aromatic N) is 2. The predicted octanol–water partition coefficient (Wildman–Crippen LogP) is 6.42. The molecule has 0 aliphatic carbocycles. The lowest BCUT2D eigenvalue weighted by molar-refractivity contribution is -0.137. The molecule has 4 aromatic rings. The lowest BCUT2D eigenvalue weighted by atomic mass is 9.97. The maximum atomic E-state index is 13.2. The van der Waals surface area contributed by atoms with Crippen LogP contribution in [0.4, 0.5) is 18.9 Å². The van der Waals surface area contributed by atoms with Crippen LogP contribution < -0.4 is 4.80 Å². The van der Waals surface area contributed by atoms with Crippen molar-refractivity contribution < 1.29 is 18.3 Å². The SMILES string of the molecule is N=c1sc(/C=C2/C(c3ccccc3)=Nc3ccccc32)c(O)n1-c1cccc(C(F)(F)F)c1. The van der Waals surface area contributed by atoms with Gasteiger partial charge in [-0.25, -0.2) is 4.99 Å². The van der Waals surface area contributed by atoms with E-state index in [1.54, 1.807) is 6.08 Å². The monoisotopic (exact) mass is 463 g/mol. The number of halogens is 3. The number of hydrogen-bond donors (Lipinski definition) is 2. The first kappa shape index (κ1) is 21.0. The van der Waals surface area contributed by atoms with Crippen LogP contribution in [0.5, 0.6) is 5.88 Å². The number of aliphatic imine (C=N–C) groups is 1. The van der Waals surface area contributed by atoms with Gasteiger partial charge in [0.1, 0.15) is 0 Å². The number of nitrogens with one attached hydrogen (secondary N) is 1. The summed E-state index contributed by atoms with van der Waals surface area (Å²) in [5, 5.41) is 19.2. The summed E-state index contributed by atoms with van der Waals surface area (Å²) in [6.07, 6.45) is -2.79. The van der Waals surface area contributed by atoms with Crippen LogP contribution in [0.2, 0.25) is 0 Å². The van der Waals surface area contributed by atoms with Crippen LogP contribution >= 0.6 is 11.3 Å². The molecule has 0 amide bonds. The average molecular weight is 463 g/mol. The normalized spacial score (nSPS) is 14.4. The highest BCUT2D eigenvalue weighted by Gasteiger charge is 2.31. The summed E-state index contributed by atoms with van der Waals surface area (Å²) in [7, 11) is 0. The summed E-state index contributed by atoms with van der Waals surface area (Å²) < 4.78 is 40.6. The fourth-order valence-corrected chi connectivity index (χ4v) is 4.61. The third-order valence-electron chi connectivity index (χ3n) is 5.28. The molecule has 2 heterocycles. The Kier molecular flexibility index (Phi) is 5.02. The third kappa shape index (κ3) is 3.78. The number of aromatic nitrogens is 1. The minimum absolute atomic E-state index is 0.0667. The third-order valence-corrected chi connectivity index (χ3v) is 6.17. The van der Waals surface area contributed by atoms with Gasteiger partial charge >= 0.3 is 6.18 Å². The van der Waals surface area contributed by atoms with Gasteiger partial charge in [-0.2, -0.15) is 13.2 Å². The maximum absolute atomic E-state index is 13.2. The van der Waals surface area contributed by atoms with Gasteiger partial charge in [0.2, 0.25) is 5.88 Å². The Morgan fingerprint density at radius 2 is 1.67 bits per heavy atom. The van der Waals surface area contributed by atoms with Crippen LogP contribution in [0.1, 0.15) is 21.6 Å². The molecule has 3 aromatic carbocycles. The molecule has 33 heavy (non-hydrogen) atoms. The van der Waals surface area contributed by atoms with Crippen molar-refractivity contribution in [3.8, 4) is 11.6 Å². The van der Waals surface area contributed by atoms with E-state index in [4.69, 9.17) is 10.4 Å². The van der Waals surface area contributed by atoms with Crippen molar-refractivity contribution in [2.75, 3.05) is 0 Å². The van der Waals surface area contributed by atoms with Gasteiger partial charge in [-0.1, -0.05) is 65.9 Å². The van der Waals surface area contributed by atoms with Crippen molar-refractivity contribution in [2.24, 2.45) is 4.99 Å². The maximum Gasteiger partial charge on any atom is 0.416 e. The lowest BCUT2D eigenvalue weighted by Crippen LogP contribution is -2.12. The topological polar surface area (TPSA) is 61.4 Å². The molecule has 0 bridgehead atoms. The molecular formula is C25H16F3N3OS. The van der Waals surface area contributed by atoms with Crippen molar-refractivity contribution in [1.82, 2.24) is 4.57 Å². The number of aromatic hydroxyl groups is 1. The number of hydrogen-bond acceptors (Lipinski definition) is 4. The second kappa shape index (κ2) is 7.90. The fraction of sp³-hybridized carbons (Fsp3) is 0.0400. The summed E-state index contributed by atoms with van der Waals surface area (Å²) in [5.41, 5.74) is 3.27. The van der Waals surface area contributed by atoms with Crippen LogP contribution in [0.15, 0.2) is 83.9 Å². The molecule has 4 nitrogen and oxygen atoms in total. The highest BCUT2D eigenvalue weighted by atomic mass is 32.1. The molecular weight excluding hydrogens is 447 g/mol. The van der Waals surface area contributed by atoms with Crippen LogP contribution in [0.3, 0.4) is 0 Å². The quantitative estimate of drug-likeness (QED) is 0.362. The summed E-state index contributed by atoms with van der Waals surface area (Å²) in [6.45, 7) is 0. The predicted molar refractivity (Wildman–Crippen MR) is 123 cm³/mol. The molecule has 0 unspecified atom stereocenters. The summed E-state index contributed by atoms with van der Waals surface area (Å²) in [4.78, 5) is 5.01. The Bertz CT molecular complexity index is 1480. The van der Waals surface area contributed by atoms with Crippen LogP contribution in [0, 0.1) is 5.41 Å². The van der Waals surface area contributed by atoms with Crippen molar-refractivity contribution in [2.45, 2.75) is 6.18 Å². The molecule has 5 rings (SSSR count). The zero-order chi connectivity index (χ0) is 23.2. The molecule has 1 aliphatic rings. The zero-order valence-electron chi connectivity index (χ0n) is 17.0. The van der Waals surface area contributed by atoms with Crippen molar-refractivity contribution >= 4 is 34.4 Å². The number of allylic oxidation sites excluding steroid dienone is 1. The molecule has 2 N–H and O–H groups in total. The van der Waals surface area contributed by atoms with Crippen molar-refractivity contribution in [1.29, 1.82) is 5.41 Å². The molecule has 1 aromatic heterocycles. The Labute approximate surface area is 190 Å². The van der Waals surface area contributed by atoms with Gasteiger partial charge in [0.25, 0.3) is 0 Å². The first-order valence-corrected chi connectivity index (χ1v) is 10.8. The molecule has 0 saturated heterocycles. The first-order chi connectivity index (χ1) is 15.8. The molecule has 0 fully saturated rings. The molecule has 0 spiro atoms. The number of rotatable bonds is 3. The summed E-state index contributed by atoms with van der Waals surface area (Å²) in [5.74, 6) is -0.298. The number of benzene rings is 3. The van der Waals surface area contributed by atoms with E-state index in [1.807, 2.05) is 54.6 Å². The number of thiazole rings is 1. The van der Waals surface area contributed by atoms with Crippen LogP contribution in [-0.4, -0.2) is 15.4 Å². The second-order valence-electron chi connectivity index (χ2n) is 7.38. The molecule has 164 valence electrons. The number of para-hydroxylation sites is 1. The smallest absolute Gasteiger partial charge is 0.416 e. The standard InChI is InChI=1S/C25H16F3N3OS/c26-25(27,28)16-9-6-10-17(13-16)31-23(32)21(33-24(31)29)14-19-18-11-4-5-12-20(18)30-22(19)15-7-2-1-3-8-15/h1-14,29,32H/b19-14+,29-24?. The zero-order valence-corrected chi connectivity index (χ0v) is 17.8. The van der Waals surface area contributed by atoms with Gasteiger partial charge in [0.15, 0.2) is 4.80 Å². The van der Waals surface area contributed by atoms with Gasteiger partial charge in [0.05, 0.1) is 27.5 Å². The molecule has 1 aliphatic heterocycles. The van der Waals surface area contributed by atoms with Crippen molar-refractivity contribution in [3.05, 3.63) is 105 Å². The Hall–Kier alpha value is -3.91. The lowest BCUT2D eigenvalue weighted by Gasteiger charge is -2.10. The highest BCUT2D eigenvalue weighted by molar-refractivity contribution is 7.10. The Balaban J connectivity index is 1.65. The van der Waals surface area contributed by atoms with Gasteiger partial charge < -0.3 is 5.11 Å². The van der Waals surface area contributed by atoms with E-state index in [-0.39, 0.29) is 16.4 Å². The minimum atomic E-state index is -4.52. The van der Waals surface area contributed by atoms with E-state index in [2.05, 4.69) is 0 Å². The van der Waals surface area contributed by atoms with E-state index < -0.39 is 11.7 Å². The van der Waals surface area contributed by atoms with E-state index >= 15 is 0 Å². The molecule has 0 radical (unpaired) electrons. The summed E-state index contributed by atoms with van der Waals surface area (Å²) >= 11 is 0.975. The largest absolute Gasteiger partial charge is 0.493 e. The van der Waals surface area contributed by atoms with Crippen LogP contribution in [-0.2, 0) is 6.18 Å². The minimum Gasteiger partial charge on any atom is -0.493 e. The second-order valence-corrected chi connectivity index (χ2v) is 8.41. The van der Waals surface area contributed by atoms with Gasteiger partial charge in [-0.05, 0) is 30.3 Å². The summed E-state index contributed by atoms with van der Waals surface area (Å²) in [6, 6.07) is 21.8. The average Bonchev–Trinajstić information content (AvgIpc) is 3.31. The first-order valence-electron chi connectivity index (χ1n) is 9.95. The molecule has 0 atom stereocenters. The van der Waals surface area contributed by atoms with Gasteiger partial charge in [-0.15, -0.1) is 0 Å². The molecule has 0 saturated carbocycles. The Morgan fingerprint density at radius 3 is 2.42 bits per heavy atom. The van der Waals surface area contributed by atoms with E-state index in [0.717, 1.165) is 56.1 Å². The Morgan fingerprint density at radius 1 is 0.939 bits per heavy atom. The van der Waals surface area contributed by atoms with Crippen molar-refractivity contribution in [3.63, 3.8) is 0 Å². The molecule has 8 heteroatoms. The number of fused-ring (bicyclic) bond motifs is 1. The fourth-order valence-electron chi connectivity index (χ4n) is 3.76. The highest BCUT2D eigenvalue weighted by Crippen LogP contribution is 2.40. The van der Waals surface area contributed by atoms with Gasteiger partial charge in [-0.3, -0.25) is 9.98 Å².